The molecule has 0 spiro atoms. The van der Waals surface area contributed by atoms with E-state index in [4.69, 9.17) is 4.74 Å². The molecule has 0 aliphatic carbocycles. The van der Waals surface area contributed by atoms with Crippen LogP contribution in [0.5, 0.6) is 5.75 Å². The number of ether oxygens (including phenoxy) is 1. The fourth-order valence-corrected chi connectivity index (χ4v) is 4.68. The van der Waals surface area contributed by atoms with Crippen LogP contribution in [-0.4, -0.2) is 37.3 Å². The minimum Gasteiger partial charge on any atom is -0.494 e. The van der Waals surface area contributed by atoms with Crippen LogP contribution in [-0.2, 0) is 10.0 Å². The lowest BCUT2D eigenvalue weighted by Gasteiger charge is -2.25. The summed E-state index contributed by atoms with van der Waals surface area (Å²) in [4.78, 5) is 10.9. The third kappa shape index (κ3) is 4.42. The van der Waals surface area contributed by atoms with Gasteiger partial charge in [0.1, 0.15) is 11.4 Å². The molecular formula is C19H23N3O5S. The average molecular weight is 405 g/mol. The Morgan fingerprint density at radius 1 is 1.11 bits per heavy atom. The van der Waals surface area contributed by atoms with Gasteiger partial charge in [-0.3, -0.25) is 10.1 Å². The normalized spacial score (nSPS) is 15.2. The number of sulfonamides is 1. The number of hydrogen-bond acceptors (Lipinski definition) is 6. The highest BCUT2D eigenvalue weighted by Crippen LogP contribution is 2.32. The minimum atomic E-state index is -3.74. The van der Waals surface area contributed by atoms with Crippen molar-refractivity contribution in [3.63, 3.8) is 0 Å². The second kappa shape index (κ2) is 8.57. The Morgan fingerprint density at radius 3 is 2.39 bits per heavy atom. The molecule has 2 aromatic carbocycles. The first-order chi connectivity index (χ1) is 13.4. The zero-order valence-electron chi connectivity index (χ0n) is 15.6. The SMILES string of the molecule is CCOc1ccc(Nc2ccc(S(=O)(=O)N3CCCCC3)cc2[N+](=O)[O-])cc1. The summed E-state index contributed by atoms with van der Waals surface area (Å²) in [7, 11) is -3.74. The van der Waals surface area contributed by atoms with Crippen LogP contribution in [0.15, 0.2) is 47.4 Å². The second-order valence-electron chi connectivity index (χ2n) is 6.48. The summed E-state index contributed by atoms with van der Waals surface area (Å²) in [5.74, 6) is 0.700. The van der Waals surface area contributed by atoms with Crippen molar-refractivity contribution >= 4 is 27.1 Å². The molecule has 9 heteroatoms. The van der Waals surface area contributed by atoms with Crippen LogP contribution in [0.4, 0.5) is 17.1 Å². The van der Waals surface area contributed by atoms with E-state index in [1.807, 2.05) is 6.92 Å². The van der Waals surface area contributed by atoms with Gasteiger partial charge in [-0.2, -0.15) is 4.31 Å². The van der Waals surface area contributed by atoms with Gasteiger partial charge in [0, 0.05) is 24.8 Å². The van der Waals surface area contributed by atoms with Crippen LogP contribution in [0.25, 0.3) is 0 Å². The quantitative estimate of drug-likeness (QED) is 0.553. The molecule has 8 nitrogen and oxygen atoms in total. The van der Waals surface area contributed by atoms with Crippen molar-refractivity contribution in [1.29, 1.82) is 0 Å². The molecule has 1 heterocycles. The first-order valence-corrected chi connectivity index (χ1v) is 10.6. The lowest BCUT2D eigenvalue weighted by atomic mass is 10.2. The van der Waals surface area contributed by atoms with E-state index in [2.05, 4.69) is 5.32 Å². The van der Waals surface area contributed by atoms with Gasteiger partial charge in [0.25, 0.3) is 5.69 Å². The number of nitrogens with one attached hydrogen (secondary N) is 1. The van der Waals surface area contributed by atoms with Gasteiger partial charge in [0.05, 0.1) is 16.4 Å². The summed E-state index contributed by atoms with van der Waals surface area (Å²) >= 11 is 0. The highest BCUT2D eigenvalue weighted by atomic mass is 32.2. The van der Waals surface area contributed by atoms with Crippen molar-refractivity contribution in [3.05, 3.63) is 52.6 Å². The second-order valence-corrected chi connectivity index (χ2v) is 8.42. The maximum atomic E-state index is 12.8. The van der Waals surface area contributed by atoms with Crippen molar-refractivity contribution in [2.45, 2.75) is 31.1 Å². The number of anilines is 2. The molecule has 0 atom stereocenters. The van der Waals surface area contributed by atoms with Crippen molar-refractivity contribution in [2.75, 3.05) is 25.0 Å². The molecule has 150 valence electrons. The Kier molecular flexibility index (Phi) is 6.15. The average Bonchev–Trinajstić information content (AvgIpc) is 2.70. The summed E-state index contributed by atoms with van der Waals surface area (Å²) in [5.41, 5.74) is 0.580. The number of benzene rings is 2. The number of nitrogens with zero attached hydrogens (tertiary/aromatic N) is 2. The molecule has 3 rings (SSSR count). The predicted molar refractivity (Wildman–Crippen MR) is 107 cm³/mol. The van der Waals surface area contributed by atoms with E-state index in [9.17, 15) is 18.5 Å². The summed E-state index contributed by atoms with van der Waals surface area (Å²) in [6.07, 6.45) is 2.61. The van der Waals surface area contributed by atoms with Gasteiger partial charge in [0.2, 0.25) is 10.0 Å². The minimum absolute atomic E-state index is 0.0571. The van der Waals surface area contributed by atoms with E-state index >= 15 is 0 Å². The molecule has 1 aliphatic rings. The zero-order chi connectivity index (χ0) is 20.1. The summed E-state index contributed by atoms with van der Waals surface area (Å²) < 4.78 is 32.4. The number of piperidine rings is 1. The zero-order valence-corrected chi connectivity index (χ0v) is 16.4. The van der Waals surface area contributed by atoms with Gasteiger partial charge in [-0.1, -0.05) is 6.42 Å². The molecule has 1 aliphatic heterocycles. The van der Waals surface area contributed by atoms with Gasteiger partial charge in [0.15, 0.2) is 0 Å². The smallest absolute Gasteiger partial charge is 0.294 e. The van der Waals surface area contributed by atoms with Crippen LogP contribution in [0.2, 0.25) is 0 Å². The lowest BCUT2D eigenvalue weighted by molar-refractivity contribution is -0.384. The van der Waals surface area contributed by atoms with Gasteiger partial charge in [-0.15, -0.1) is 0 Å². The molecule has 0 unspecified atom stereocenters. The van der Waals surface area contributed by atoms with Gasteiger partial charge < -0.3 is 10.1 Å². The summed E-state index contributed by atoms with van der Waals surface area (Å²) in [5, 5.41) is 14.5. The maximum Gasteiger partial charge on any atom is 0.294 e. The fourth-order valence-electron chi connectivity index (χ4n) is 3.14. The summed E-state index contributed by atoms with van der Waals surface area (Å²) in [6, 6.07) is 11.0. The third-order valence-corrected chi connectivity index (χ3v) is 6.46. The number of rotatable bonds is 7. The standard InChI is InChI=1S/C19H23N3O5S/c1-2-27-16-8-6-15(7-9-16)20-18-11-10-17(14-19(18)22(23)24)28(25,26)21-12-4-3-5-13-21/h6-11,14,20H,2-5,12-13H2,1H3. The van der Waals surface area contributed by atoms with Crippen LogP contribution in [0.1, 0.15) is 26.2 Å². The number of nitro benzene ring substituents is 1. The monoisotopic (exact) mass is 405 g/mol. The highest BCUT2D eigenvalue weighted by Gasteiger charge is 2.28. The van der Waals surface area contributed by atoms with Gasteiger partial charge in [-0.05, 0) is 56.2 Å². The van der Waals surface area contributed by atoms with Crippen molar-refractivity contribution in [3.8, 4) is 5.75 Å². The maximum absolute atomic E-state index is 12.8. The molecule has 0 aromatic heterocycles. The van der Waals surface area contributed by atoms with E-state index in [0.29, 0.717) is 31.1 Å². The Bertz CT molecular complexity index is 939. The Hall–Kier alpha value is -2.65. The van der Waals surface area contributed by atoms with Crippen molar-refractivity contribution in [1.82, 2.24) is 4.31 Å². The van der Waals surface area contributed by atoms with Crippen LogP contribution in [0.3, 0.4) is 0 Å². The first-order valence-electron chi connectivity index (χ1n) is 9.20. The van der Waals surface area contributed by atoms with Crippen molar-refractivity contribution < 1.29 is 18.1 Å². The Morgan fingerprint density at radius 2 is 1.79 bits per heavy atom. The molecule has 28 heavy (non-hydrogen) atoms. The largest absolute Gasteiger partial charge is 0.494 e. The third-order valence-electron chi connectivity index (χ3n) is 4.56. The number of hydrogen-bond donors (Lipinski definition) is 1. The van der Waals surface area contributed by atoms with Crippen LogP contribution in [0, 0.1) is 10.1 Å². The van der Waals surface area contributed by atoms with Gasteiger partial charge in [-0.25, -0.2) is 8.42 Å². The Balaban J connectivity index is 1.88. The Labute approximate surface area is 164 Å². The fraction of sp³-hybridized carbons (Fsp3) is 0.368. The molecule has 2 aromatic rings. The van der Waals surface area contributed by atoms with E-state index in [-0.39, 0.29) is 16.3 Å². The molecule has 1 N–H and O–H groups in total. The van der Waals surface area contributed by atoms with Crippen molar-refractivity contribution in [2.24, 2.45) is 0 Å². The van der Waals surface area contributed by atoms with Crippen LogP contribution < -0.4 is 10.1 Å². The topological polar surface area (TPSA) is 102 Å². The van der Waals surface area contributed by atoms with Crippen LogP contribution >= 0.6 is 0 Å². The number of nitro groups is 1. The van der Waals surface area contributed by atoms with E-state index < -0.39 is 14.9 Å². The summed E-state index contributed by atoms with van der Waals surface area (Å²) in [6.45, 7) is 3.32. The highest BCUT2D eigenvalue weighted by molar-refractivity contribution is 7.89. The molecule has 0 saturated carbocycles. The van der Waals surface area contributed by atoms with Gasteiger partial charge >= 0.3 is 0 Å². The molecule has 0 bridgehead atoms. The lowest BCUT2D eigenvalue weighted by Crippen LogP contribution is -2.35. The predicted octanol–water partition coefficient (Wildman–Crippen LogP) is 3.91. The van der Waals surface area contributed by atoms with E-state index in [1.54, 1.807) is 24.3 Å². The molecular weight excluding hydrogens is 382 g/mol. The molecule has 0 amide bonds. The molecule has 1 fully saturated rings. The molecule has 0 radical (unpaired) electrons. The first kappa shape index (κ1) is 20.1. The van der Waals surface area contributed by atoms with E-state index in [0.717, 1.165) is 25.3 Å². The molecule has 1 saturated heterocycles. The van der Waals surface area contributed by atoms with E-state index in [1.165, 1.54) is 16.4 Å².